The molecule has 2 aromatic rings. The van der Waals surface area contributed by atoms with Gasteiger partial charge in [-0.25, -0.2) is 0 Å². The van der Waals surface area contributed by atoms with Crippen LogP contribution in [0.25, 0.3) is 0 Å². The minimum atomic E-state index is -0.525. The first-order valence-corrected chi connectivity index (χ1v) is 11.3. The van der Waals surface area contributed by atoms with Gasteiger partial charge in [0.05, 0.1) is 19.3 Å². The molecule has 0 saturated heterocycles. The summed E-state index contributed by atoms with van der Waals surface area (Å²) in [4.78, 5) is 0. The Morgan fingerprint density at radius 1 is 0.719 bits per heavy atom. The van der Waals surface area contributed by atoms with E-state index in [1.807, 2.05) is 41.5 Å². The van der Waals surface area contributed by atoms with E-state index in [-0.39, 0.29) is 13.1 Å². The molecule has 0 atom stereocenters. The molecule has 7 nitrogen and oxygen atoms in total. The fraction of sp³-hybridized carbons (Fsp3) is 0.440. The van der Waals surface area contributed by atoms with Crippen LogP contribution in [-0.2, 0) is 0 Å². The predicted octanol–water partition coefficient (Wildman–Crippen LogP) is 5.18. The van der Waals surface area contributed by atoms with Gasteiger partial charge in [0.1, 0.15) is 23.2 Å². The molecular weight excluding hydrogens is 404 g/mol. The van der Waals surface area contributed by atoms with Gasteiger partial charge in [-0.3, -0.25) is 10.8 Å². The zero-order valence-corrected chi connectivity index (χ0v) is 20.4. The van der Waals surface area contributed by atoms with Crippen LogP contribution in [0.4, 0.5) is 0 Å². The van der Waals surface area contributed by atoms with Crippen molar-refractivity contribution in [2.75, 3.05) is 13.2 Å². The summed E-state index contributed by atoms with van der Waals surface area (Å²) in [6.45, 7) is 12.8. The maximum atomic E-state index is 9.99. The number of rotatable bonds is 10. The Morgan fingerprint density at radius 2 is 1.00 bits per heavy atom. The molecule has 0 aliphatic carbocycles. The second kappa shape index (κ2) is 19.9. The van der Waals surface area contributed by atoms with E-state index in [2.05, 4.69) is 0 Å². The number of benzene rings is 2. The van der Waals surface area contributed by atoms with Gasteiger partial charge in [-0.15, -0.1) is 0 Å². The molecule has 0 radical (unpaired) electrons. The van der Waals surface area contributed by atoms with Crippen molar-refractivity contribution in [1.29, 1.82) is 10.8 Å². The van der Waals surface area contributed by atoms with Crippen molar-refractivity contribution in [1.82, 2.24) is 0 Å². The molecule has 0 saturated carbocycles. The minimum absolute atomic E-state index is 0. The SMILES string of the molecule is CC.CC.CC.N=C(N)c1ccc(OCCC(O)CCOc2ccc(C(=N)N)cc2)cc1.[HH]. The summed E-state index contributed by atoms with van der Waals surface area (Å²) < 4.78 is 11.1. The normalized spacial score (nSPS) is 9.97. The predicted molar refractivity (Wildman–Crippen MR) is 137 cm³/mol. The molecule has 0 heterocycles. The van der Waals surface area contributed by atoms with E-state index in [4.69, 9.17) is 31.8 Å². The quantitative estimate of drug-likeness (QED) is 0.252. The summed E-state index contributed by atoms with van der Waals surface area (Å²) in [5.74, 6) is 1.37. The van der Waals surface area contributed by atoms with Crippen LogP contribution in [0.1, 0.15) is 66.9 Å². The lowest BCUT2D eigenvalue weighted by Crippen LogP contribution is -2.16. The van der Waals surface area contributed by atoms with Crippen molar-refractivity contribution in [3.05, 3.63) is 59.7 Å². The van der Waals surface area contributed by atoms with Crippen LogP contribution in [-0.4, -0.2) is 36.1 Å². The average molecular weight is 449 g/mol. The standard InChI is InChI=1S/C19H24N4O3.3C2H6.H2/c20-18(21)13-1-5-16(6-2-13)25-11-9-15(24)10-12-26-17-7-3-14(4-8-17)19(22)23;3*1-2;/h1-8,15,24H,9-12H2,(H3,20,21)(H3,22,23);3*1-2H3;1H. The Bertz CT molecular complexity index is 675. The van der Waals surface area contributed by atoms with Crippen LogP contribution in [0.2, 0.25) is 0 Å². The molecule has 0 aliphatic heterocycles. The summed E-state index contributed by atoms with van der Waals surface area (Å²) in [7, 11) is 0. The highest BCUT2D eigenvalue weighted by atomic mass is 16.5. The second-order valence-electron chi connectivity index (χ2n) is 5.80. The van der Waals surface area contributed by atoms with Crippen LogP contribution in [0.15, 0.2) is 48.5 Å². The fourth-order valence-corrected chi connectivity index (χ4v) is 2.23. The van der Waals surface area contributed by atoms with Gasteiger partial charge in [-0.2, -0.15) is 0 Å². The van der Waals surface area contributed by atoms with Crippen molar-refractivity contribution < 1.29 is 16.0 Å². The third-order valence-corrected chi connectivity index (χ3v) is 3.77. The van der Waals surface area contributed by atoms with Gasteiger partial charge in [0, 0.05) is 25.4 Å². The van der Waals surface area contributed by atoms with E-state index in [0.29, 0.717) is 48.7 Å². The Hall–Kier alpha value is -3.06. The molecular formula is C25H44N4O3. The topological polar surface area (TPSA) is 138 Å². The summed E-state index contributed by atoms with van der Waals surface area (Å²) in [5.41, 5.74) is 12.1. The number of hydrogen-bond acceptors (Lipinski definition) is 5. The first kappa shape index (κ1) is 31.1. The van der Waals surface area contributed by atoms with E-state index in [9.17, 15) is 5.11 Å². The van der Waals surface area contributed by atoms with Crippen LogP contribution in [0, 0.1) is 10.8 Å². The molecule has 0 bridgehead atoms. The first-order chi connectivity index (χ1) is 15.5. The number of nitrogens with one attached hydrogen (secondary N) is 2. The fourth-order valence-electron chi connectivity index (χ4n) is 2.23. The summed E-state index contributed by atoms with van der Waals surface area (Å²) in [6, 6.07) is 13.9. The second-order valence-corrected chi connectivity index (χ2v) is 5.80. The van der Waals surface area contributed by atoms with Gasteiger partial charge >= 0.3 is 0 Å². The zero-order chi connectivity index (χ0) is 24.9. The van der Waals surface area contributed by atoms with Gasteiger partial charge in [0.15, 0.2) is 0 Å². The Balaban J connectivity index is -0.00000119. The summed E-state index contributed by atoms with van der Waals surface area (Å²) in [5, 5.41) is 24.7. The summed E-state index contributed by atoms with van der Waals surface area (Å²) >= 11 is 0. The lowest BCUT2D eigenvalue weighted by Gasteiger charge is -2.13. The number of ether oxygens (including phenoxy) is 2. The smallest absolute Gasteiger partial charge is 0.122 e. The van der Waals surface area contributed by atoms with Gasteiger partial charge in [0.2, 0.25) is 0 Å². The molecule has 0 fully saturated rings. The van der Waals surface area contributed by atoms with Crippen molar-refractivity contribution >= 4 is 11.7 Å². The lowest BCUT2D eigenvalue weighted by molar-refractivity contribution is 0.113. The number of amidine groups is 2. The molecule has 2 aromatic carbocycles. The average Bonchev–Trinajstić information content (AvgIpc) is 2.83. The maximum Gasteiger partial charge on any atom is 0.122 e. The number of aliphatic hydroxyl groups is 1. The molecule has 182 valence electrons. The van der Waals surface area contributed by atoms with Crippen LogP contribution < -0.4 is 20.9 Å². The molecule has 2 rings (SSSR count). The molecule has 0 spiro atoms. The van der Waals surface area contributed by atoms with Gasteiger partial charge in [0.25, 0.3) is 0 Å². The largest absolute Gasteiger partial charge is 0.493 e. The third kappa shape index (κ3) is 13.3. The molecule has 0 amide bonds. The lowest BCUT2D eigenvalue weighted by atomic mass is 10.2. The van der Waals surface area contributed by atoms with Crippen LogP contribution in [0.3, 0.4) is 0 Å². The van der Waals surface area contributed by atoms with Crippen LogP contribution >= 0.6 is 0 Å². The number of hydrogen-bond donors (Lipinski definition) is 5. The summed E-state index contributed by atoms with van der Waals surface area (Å²) in [6.07, 6.45) is 0.449. The van der Waals surface area contributed by atoms with Gasteiger partial charge in [-0.1, -0.05) is 41.5 Å². The minimum Gasteiger partial charge on any atom is -0.493 e. The molecule has 32 heavy (non-hydrogen) atoms. The van der Waals surface area contributed by atoms with Crippen molar-refractivity contribution in [2.45, 2.75) is 60.5 Å². The van der Waals surface area contributed by atoms with Crippen LogP contribution in [0.5, 0.6) is 11.5 Å². The van der Waals surface area contributed by atoms with E-state index in [1.54, 1.807) is 48.5 Å². The van der Waals surface area contributed by atoms with Crippen molar-refractivity contribution in [2.24, 2.45) is 11.5 Å². The zero-order valence-electron chi connectivity index (χ0n) is 20.4. The monoisotopic (exact) mass is 448 g/mol. The molecule has 0 aliphatic rings. The molecule has 7 heteroatoms. The van der Waals surface area contributed by atoms with Crippen molar-refractivity contribution in [3.63, 3.8) is 0 Å². The maximum absolute atomic E-state index is 9.99. The Kier molecular flexibility index (Phi) is 19.3. The number of aliphatic hydroxyl groups excluding tert-OH is 1. The Morgan fingerprint density at radius 3 is 1.25 bits per heavy atom. The third-order valence-electron chi connectivity index (χ3n) is 3.77. The van der Waals surface area contributed by atoms with Gasteiger partial charge in [-0.05, 0) is 48.5 Å². The van der Waals surface area contributed by atoms with Crippen molar-refractivity contribution in [3.8, 4) is 11.5 Å². The van der Waals surface area contributed by atoms with E-state index < -0.39 is 6.10 Å². The number of nitrogen functional groups attached to an aromatic ring is 2. The number of nitrogens with two attached hydrogens (primary N) is 2. The molecule has 7 N–H and O–H groups in total. The highest BCUT2D eigenvalue weighted by Gasteiger charge is 2.06. The van der Waals surface area contributed by atoms with Gasteiger partial charge < -0.3 is 26.0 Å². The van der Waals surface area contributed by atoms with E-state index in [0.717, 1.165) is 0 Å². The highest BCUT2D eigenvalue weighted by Crippen LogP contribution is 2.14. The highest BCUT2D eigenvalue weighted by molar-refractivity contribution is 5.95. The Labute approximate surface area is 195 Å². The first-order valence-electron chi connectivity index (χ1n) is 11.3. The molecule has 0 aromatic heterocycles. The van der Waals surface area contributed by atoms with E-state index >= 15 is 0 Å². The van der Waals surface area contributed by atoms with E-state index in [1.165, 1.54) is 0 Å². The molecule has 0 unspecified atom stereocenters.